The topological polar surface area (TPSA) is 37.8 Å². The van der Waals surface area contributed by atoms with Crippen LogP contribution in [0.5, 0.6) is 0 Å². The Morgan fingerprint density at radius 2 is 1.79 bits per heavy atom. The van der Waals surface area contributed by atoms with E-state index in [-0.39, 0.29) is 6.04 Å². The monoisotopic (exact) mass is 275 g/mol. The van der Waals surface area contributed by atoms with Gasteiger partial charge in [0.25, 0.3) is 0 Å². The molecule has 0 bridgehead atoms. The molecule has 2 atom stereocenters. The summed E-state index contributed by atoms with van der Waals surface area (Å²) >= 11 is 1.72. The number of aromatic nitrogens is 2. The molecule has 0 aliphatic heterocycles. The molecule has 102 valence electrons. The zero-order chi connectivity index (χ0) is 13.7. The van der Waals surface area contributed by atoms with Gasteiger partial charge in [-0.05, 0) is 18.5 Å². The highest BCUT2D eigenvalue weighted by Gasteiger charge is 2.19. The molecule has 1 N–H and O–H groups in total. The minimum atomic E-state index is 0.154. The van der Waals surface area contributed by atoms with Crippen molar-refractivity contribution in [1.29, 1.82) is 0 Å². The third-order valence-electron chi connectivity index (χ3n) is 3.28. The largest absolute Gasteiger partial charge is 0.304 e. The number of rotatable bonds is 6. The molecule has 0 aliphatic rings. The van der Waals surface area contributed by atoms with Crippen molar-refractivity contribution >= 4 is 11.3 Å². The minimum absolute atomic E-state index is 0.154. The van der Waals surface area contributed by atoms with Crippen molar-refractivity contribution in [3.05, 3.63) is 45.9 Å². The molecule has 1 aromatic carbocycles. The quantitative estimate of drug-likeness (QED) is 0.872. The molecular weight excluding hydrogens is 254 g/mol. The summed E-state index contributed by atoms with van der Waals surface area (Å²) in [5.41, 5.74) is 1.25. The maximum absolute atomic E-state index is 4.39. The Bertz CT molecular complexity index is 495. The van der Waals surface area contributed by atoms with Crippen molar-refractivity contribution in [2.75, 3.05) is 6.54 Å². The van der Waals surface area contributed by atoms with Crippen LogP contribution in [0.2, 0.25) is 0 Å². The number of benzene rings is 1. The number of nitrogens with one attached hydrogen (secondary N) is 1. The average Bonchev–Trinajstić information content (AvgIpc) is 2.94. The molecule has 0 aliphatic carbocycles. The van der Waals surface area contributed by atoms with Gasteiger partial charge in [-0.25, -0.2) is 0 Å². The molecule has 0 spiro atoms. The van der Waals surface area contributed by atoms with Crippen molar-refractivity contribution < 1.29 is 0 Å². The Labute approximate surface area is 119 Å². The van der Waals surface area contributed by atoms with E-state index in [4.69, 9.17) is 0 Å². The summed E-state index contributed by atoms with van der Waals surface area (Å²) in [6.07, 6.45) is 1.10. The van der Waals surface area contributed by atoms with Crippen LogP contribution in [-0.4, -0.2) is 16.7 Å². The van der Waals surface area contributed by atoms with Crippen LogP contribution in [-0.2, 0) is 0 Å². The molecule has 4 heteroatoms. The zero-order valence-corrected chi connectivity index (χ0v) is 12.6. The zero-order valence-electron chi connectivity index (χ0n) is 11.8. The van der Waals surface area contributed by atoms with Crippen LogP contribution >= 0.6 is 11.3 Å². The molecule has 2 rings (SSSR count). The second-order valence-electron chi connectivity index (χ2n) is 4.69. The third kappa shape index (κ3) is 3.39. The summed E-state index contributed by atoms with van der Waals surface area (Å²) in [5.74, 6) is 0.490. The summed E-state index contributed by atoms with van der Waals surface area (Å²) in [6, 6.07) is 10.6. The van der Waals surface area contributed by atoms with E-state index in [1.54, 1.807) is 11.3 Å². The van der Waals surface area contributed by atoms with Gasteiger partial charge >= 0.3 is 0 Å². The summed E-state index contributed by atoms with van der Waals surface area (Å²) in [5, 5.41) is 14.4. The van der Waals surface area contributed by atoms with E-state index in [9.17, 15) is 0 Å². The highest BCUT2D eigenvalue weighted by atomic mass is 32.1. The first kappa shape index (κ1) is 14.2. The maximum Gasteiger partial charge on any atom is 0.139 e. The van der Waals surface area contributed by atoms with Crippen LogP contribution in [0.4, 0.5) is 0 Å². The Balaban J connectivity index is 2.27. The van der Waals surface area contributed by atoms with E-state index in [1.807, 2.05) is 6.07 Å². The normalized spacial score (nSPS) is 14.3. The number of nitrogens with zero attached hydrogens (tertiary/aromatic N) is 2. The first-order chi connectivity index (χ1) is 9.26. The van der Waals surface area contributed by atoms with Crippen LogP contribution in [0, 0.1) is 0 Å². The molecule has 0 amide bonds. The maximum atomic E-state index is 4.39. The predicted molar refractivity (Wildman–Crippen MR) is 80.6 cm³/mol. The number of hydrogen-bond donors (Lipinski definition) is 1. The Hall–Kier alpha value is -1.26. The summed E-state index contributed by atoms with van der Waals surface area (Å²) < 4.78 is 0. The molecule has 0 saturated heterocycles. The predicted octanol–water partition coefficient (Wildman–Crippen LogP) is 3.75. The van der Waals surface area contributed by atoms with Gasteiger partial charge in [0.15, 0.2) is 0 Å². The molecule has 1 heterocycles. The Morgan fingerprint density at radius 1 is 1.11 bits per heavy atom. The van der Waals surface area contributed by atoms with E-state index in [0.717, 1.165) is 23.0 Å². The van der Waals surface area contributed by atoms with Gasteiger partial charge in [-0.15, -0.1) is 10.2 Å². The van der Waals surface area contributed by atoms with Gasteiger partial charge in [0.1, 0.15) is 10.0 Å². The fourth-order valence-corrected chi connectivity index (χ4v) is 3.02. The summed E-state index contributed by atoms with van der Waals surface area (Å²) in [6.45, 7) is 7.42. The van der Waals surface area contributed by atoms with Gasteiger partial charge in [-0.3, -0.25) is 0 Å². The van der Waals surface area contributed by atoms with Crippen LogP contribution in [0.15, 0.2) is 30.3 Å². The summed E-state index contributed by atoms with van der Waals surface area (Å²) in [7, 11) is 0. The average molecular weight is 275 g/mol. The molecule has 2 aromatic rings. The standard InChI is InChI=1S/C15H21N3S/c1-4-11(3)14-17-18-15(19-14)13(16-5-2)12-9-7-6-8-10-12/h6-11,13,16H,4-5H2,1-3H3. The fourth-order valence-electron chi connectivity index (χ4n) is 1.93. The van der Waals surface area contributed by atoms with Gasteiger partial charge in [-0.2, -0.15) is 0 Å². The molecule has 0 fully saturated rings. The SMILES string of the molecule is CCNC(c1ccccc1)c1nnc(C(C)CC)s1. The first-order valence-electron chi connectivity index (χ1n) is 6.87. The van der Waals surface area contributed by atoms with Crippen LogP contribution in [0.1, 0.15) is 54.7 Å². The van der Waals surface area contributed by atoms with Crippen molar-refractivity contribution in [2.45, 2.75) is 39.2 Å². The second-order valence-corrected chi connectivity index (χ2v) is 5.73. The minimum Gasteiger partial charge on any atom is -0.304 e. The lowest BCUT2D eigenvalue weighted by Gasteiger charge is -2.15. The molecule has 1 aromatic heterocycles. The second kappa shape index (κ2) is 6.78. The van der Waals surface area contributed by atoms with Gasteiger partial charge in [-0.1, -0.05) is 62.4 Å². The van der Waals surface area contributed by atoms with Gasteiger partial charge in [0.2, 0.25) is 0 Å². The number of hydrogen-bond acceptors (Lipinski definition) is 4. The van der Waals surface area contributed by atoms with Crippen molar-refractivity contribution in [1.82, 2.24) is 15.5 Å². The smallest absolute Gasteiger partial charge is 0.139 e. The molecular formula is C15H21N3S. The lowest BCUT2D eigenvalue weighted by Crippen LogP contribution is -2.21. The molecule has 2 unspecified atom stereocenters. The van der Waals surface area contributed by atoms with E-state index in [1.165, 1.54) is 5.56 Å². The molecule has 0 saturated carbocycles. The highest BCUT2D eigenvalue weighted by molar-refractivity contribution is 7.11. The van der Waals surface area contributed by atoms with Crippen molar-refractivity contribution in [3.8, 4) is 0 Å². The fraction of sp³-hybridized carbons (Fsp3) is 0.467. The van der Waals surface area contributed by atoms with Crippen molar-refractivity contribution in [3.63, 3.8) is 0 Å². The lowest BCUT2D eigenvalue weighted by atomic mass is 10.1. The Morgan fingerprint density at radius 3 is 2.42 bits per heavy atom. The summed E-state index contributed by atoms with van der Waals surface area (Å²) in [4.78, 5) is 0. The van der Waals surface area contributed by atoms with Crippen molar-refractivity contribution in [2.24, 2.45) is 0 Å². The highest BCUT2D eigenvalue weighted by Crippen LogP contribution is 2.29. The third-order valence-corrected chi connectivity index (χ3v) is 4.50. The van der Waals surface area contributed by atoms with Crippen LogP contribution in [0.3, 0.4) is 0 Å². The van der Waals surface area contributed by atoms with E-state index in [0.29, 0.717) is 5.92 Å². The molecule has 3 nitrogen and oxygen atoms in total. The van der Waals surface area contributed by atoms with Crippen LogP contribution in [0.25, 0.3) is 0 Å². The lowest BCUT2D eigenvalue weighted by molar-refractivity contribution is 0.620. The van der Waals surface area contributed by atoms with Gasteiger partial charge in [0, 0.05) is 5.92 Å². The first-order valence-corrected chi connectivity index (χ1v) is 7.69. The van der Waals surface area contributed by atoms with Gasteiger partial charge < -0.3 is 5.32 Å². The van der Waals surface area contributed by atoms with Gasteiger partial charge in [0.05, 0.1) is 6.04 Å². The van der Waals surface area contributed by atoms with Crippen LogP contribution < -0.4 is 5.32 Å². The molecule has 19 heavy (non-hydrogen) atoms. The molecule has 0 radical (unpaired) electrons. The van der Waals surface area contributed by atoms with E-state index < -0.39 is 0 Å². The Kier molecular flexibility index (Phi) is 5.05. The van der Waals surface area contributed by atoms with E-state index in [2.05, 4.69) is 60.6 Å². The van der Waals surface area contributed by atoms with E-state index >= 15 is 0 Å².